The lowest BCUT2D eigenvalue weighted by atomic mass is 10.1. The molecule has 1 aromatic heterocycles. The van der Waals surface area contributed by atoms with Gasteiger partial charge >= 0.3 is 6.18 Å². The third kappa shape index (κ3) is 4.60. The van der Waals surface area contributed by atoms with Crippen LogP contribution < -0.4 is 10.1 Å². The Hall–Kier alpha value is -2.35. The highest BCUT2D eigenvalue weighted by molar-refractivity contribution is 5.38. The van der Waals surface area contributed by atoms with Crippen molar-refractivity contribution in [2.45, 2.75) is 25.2 Å². The lowest BCUT2D eigenvalue weighted by molar-refractivity contribution is -0.137. The molecule has 1 aliphatic heterocycles. The third-order valence-corrected chi connectivity index (χ3v) is 4.16. The molecule has 2 heterocycles. The van der Waals surface area contributed by atoms with Crippen LogP contribution in [0.25, 0.3) is 0 Å². The van der Waals surface area contributed by atoms with E-state index < -0.39 is 11.7 Å². The molecule has 0 aliphatic carbocycles. The molecule has 0 spiro atoms. The second-order valence-electron chi connectivity index (χ2n) is 6.01. The maximum atomic E-state index is 12.6. The van der Waals surface area contributed by atoms with E-state index in [1.165, 1.54) is 6.33 Å². The summed E-state index contributed by atoms with van der Waals surface area (Å²) in [5.74, 6) is 1.20. The maximum absolute atomic E-state index is 12.6. The molecule has 3 rings (SSSR count). The molecule has 1 unspecified atom stereocenters. The number of ether oxygens (including phenoxy) is 1. The van der Waals surface area contributed by atoms with E-state index in [1.54, 1.807) is 25.3 Å². The first-order chi connectivity index (χ1) is 11.9. The van der Waals surface area contributed by atoms with Gasteiger partial charge in [-0.2, -0.15) is 13.2 Å². The standard InChI is InChI=1S/C17H19F3N4O/c1-25-16-8-15(21-11-22-16)23-14-6-7-24(10-14)9-12-2-4-13(5-3-12)17(18,19)20/h2-5,8,11,14H,6-7,9-10H2,1H3,(H,21,22,23). The summed E-state index contributed by atoms with van der Waals surface area (Å²) < 4.78 is 42.9. The van der Waals surface area contributed by atoms with Gasteiger partial charge in [-0.3, -0.25) is 4.90 Å². The zero-order valence-corrected chi connectivity index (χ0v) is 13.8. The Morgan fingerprint density at radius 3 is 2.68 bits per heavy atom. The molecule has 25 heavy (non-hydrogen) atoms. The van der Waals surface area contributed by atoms with Gasteiger partial charge in [0.25, 0.3) is 0 Å². The molecule has 1 aliphatic rings. The highest BCUT2D eigenvalue weighted by atomic mass is 19.4. The fraction of sp³-hybridized carbons (Fsp3) is 0.412. The van der Waals surface area contributed by atoms with Crippen LogP contribution in [0.3, 0.4) is 0 Å². The van der Waals surface area contributed by atoms with Gasteiger partial charge in [0.05, 0.1) is 12.7 Å². The molecule has 0 saturated carbocycles. The first-order valence-corrected chi connectivity index (χ1v) is 7.95. The molecule has 134 valence electrons. The van der Waals surface area contributed by atoms with E-state index in [1.807, 2.05) is 0 Å². The highest BCUT2D eigenvalue weighted by Crippen LogP contribution is 2.29. The highest BCUT2D eigenvalue weighted by Gasteiger charge is 2.30. The lowest BCUT2D eigenvalue weighted by Crippen LogP contribution is -2.26. The third-order valence-electron chi connectivity index (χ3n) is 4.16. The van der Waals surface area contributed by atoms with Crippen LogP contribution in [0.5, 0.6) is 5.88 Å². The minimum atomic E-state index is -4.29. The van der Waals surface area contributed by atoms with Crippen molar-refractivity contribution in [3.05, 3.63) is 47.8 Å². The Morgan fingerprint density at radius 2 is 2.00 bits per heavy atom. The summed E-state index contributed by atoms with van der Waals surface area (Å²) >= 11 is 0. The molecule has 1 aromatic carbocycles. The van der Waals surface area contributed by atoms with Crippen molar-refractivity contribution in [3.8, 4) is 5.88 Å². The summed E-state index contributed by atoms with van der Waals surface area (Å²) in [6, 6.07) is 7.31. The first kappa shape index (κ1) is 17.5. The number of hydrogen-bond acceptors (Lipinski definition) is 5. The van der Waals surface area contributed by atoms with E-state index in [0.29, 0.717) is 18.2 Å². The van der Waals surface area contributed by atoms with Gasteiger partial charge in [0.1, 0.15) is 12.1 Å². The van der Waals surface area contributed by atoms with Crippen molar-refractivity contribution in [3.63, 3.8) is 0 Å². The van der Waals surface area contributed by atoms with Gasteiger partial charge in [-0.15, -0.1) is 0 Å². The summed E-state index contributed by atoms with van der Waals surface area (Å²) in [6.07, 6.45) is -1.91. The van der Waals surface area contributed by atoms with E-state index >= 15 is 0 Å². The molecule has 0 bridgehead atoms. The Balaban J connectivity index is 1.54. The maximum Gasteiger partial charge on any atom is 0.416 e. The number of anilines is 1. The van der Waals surface area contributed by atoms with Crippen molar-refractivity contribution < 1.29 is 17.9 Å². The normalized spacial score (nSPS) is 18.3. The van der Waals surface area contributed by atoms with Crippen molar-refractivity contribution in [2.75, 3.05) is 25.5 Å². The second kappa shape index (κ2) is 7.26. The number of nitrogens with one attached hydrogen (secondary N) is 1. The van der Waals surface area contributed by atoms with Crippen LogP contribution in [0, 0.1) is 0 Å². The van der Waals surface area contributed by atoms with Gasteiger partial charge < -0.3 is 10.1 Å². The minimum absolute atomic E-state index is 0.231. The largest absolute Gasteiger partial charge is 0.481 e. The molecular weight excluding hydrogens is 333 g/mol. The van der Waals surface area contributed by atoms with Gasteiger partial charge in [-0.1, -0.05) is 12.1 Å². The van der Waals surface area contributed by atoms with Gasteiger partial charge in [-0.25, -0.2) is 9.97 Å². The summed E-state index contributed by atoms with van der Waals surface area (Å²) in [5.41, 5.74) is 0.257. The number of likely N-dealkylation sites (tertiary alicyclic amines) is 1. The van der Waals surface area contributed by atoms with Crippen molar-refractivity contribution in [2.24, 2.45) is 0 Å². The summed E-state index contributed by atoms with van der Waals surface area (Å²) in [7, 11) is 1.55. The number of benzene rings is 1. The zero-order valence-electron chi connectivity index (χ0n) is 13.8. The molecule has 5 nitrogen and oxygen atoms in total. The number of methoxy groups -OCH3 is 1. The molecule has 0 radical (unpaired) electrons. The van der Waals surface area contributed by atoms with Crippen LogP contribution in [0.4, 0.5) is 19.0 Å². The molecule has 8 heteroatoms. The number of aromatic nitrogens is 2. The van der Waals surface area contributed by atoms with E-state index in [0.717, 1.165) is 37.2 Å². The molecule has 1 N–H and O–H groups in total. The van der Waals surface area contributed by atoms with Crippen LogP contribution in [-0.2, 0) is 12.7 Å². The Bertz CT molecular complexity index is 706. The van der Waals surface area contributed by atoms with Crippen LogP contribution in [0.1, 0.15) is 17.5 Å². The molecular formula is C17H19F3N4O. The smallest absolute Gasteiger partial charge is 0.416 e. The van der Waals surface area contributed by atoms with Gasteiger partial charge in [-0.05, 0) is 24.1 Å². The quantitative estimate of drug-likeness (QED) is 0.896. The monoisotopic (exact) mass is 352 g/mol. The summed E-state index contributed by atoms with van der Waals surface area (Å²) in [4.78, 5) is 10.3. The average molecular weight is 352 g/mol. The second-order valence-corrected chi connectivity index (χ2v) is 6.01. The van der Waals surface area contributed by atoms with E-state index in [-0.39, 0.29) is 6.04 Å². The molecule has 1 saturated heterocycles. The predicted molar refractivity (Wildman–Crippen MR) is 87.3 cm³/mol. The number of hydrogen-bond donors (Lipinski definition) is 1. The SMILES string of the molecule is COc1cc(NC2CCN(Cc3ccc(C(F)(F)F)cc3)C2)ncn1. The summed E-state index contributed by atoms with van der Waals surface area (Å²) in [5, 5.41) is 3.34. The van der Waals surface area contributed by atoms with Crippen LogP contribution >= 0.6 is 0 Å². The van der Waals surface area contributed by atoms with Crippen molar-refractivity contribution in [1.82, 2.24) is 14.9 Å². The van der Waals surface area contributed by atoms with E-state index in [4.69, 9.17) is 4.74 Å². The van der Waals surface area contributed by atoms with E-state index in [2.05, 4.69) is 20.2 Å². The number of rotatable bonds is 5. The Labute approximate surface area is 143 Å². The molecule has 1 atom stereocenters. The zero-order chi connectivity index (χ0) is 17.9. The lowest BCUT2D eigenvalue weighted by Gasteiger charge is -2.17. The van der Waals surface area contributed by atoms with Gasteiger partial charge in [0.2, 0.25) is 5.88 Å². The van der Waals surface area contributed by atoms with Crippen molar-refractivity contribution in [1.29, 1.82) is 0 Å². The summed E-state index contributed by atoms with van der Waals surface area (Å²) in [6.45, 7) is 2.30. The predicted octanol–water partition coefficient (Wildman–Crippen LogP) is 3.19. The minimum Gasteiger partial charge on any atom is -0.481 e. The Morgan fingerprint density at radius 1 is 1.24 bits per heavy atom. The molecule has 1 fully saturated rings. The fourth-order valence-electron chi connectivity index (χ4n) is 2.89. The Kier molecular flexibility index (Phi) is 5.08. The van der Waals surface area contributed by atoms with Crippen molar-refractivity contribution >= 4 is 5.82 Å². The van der Waals surface area contributed by atoms with Gasteiger partial charge in [0.15, 0.2) is 0 Å². The number of nitrogens with zero attached hydrogens (tertiary/aromatic N) is 3. The number of alkyl halides is 3. The molecule has 2 aromatic rings. The molecule has 0 amide bonds. The van der Waals surface area contributed by atoms with Gasteiger partial charge in [0, 0.05) is 31.7 Å². The average Bonchev–Trinajstić information content (AvgIpc) is 3.01. The topological polar surface area (TPSA) is 50.3 Å². The van der Waals surface area contributed by atoms with Crippen LogP contribution in [0.15, 0.2) is 36.7 Å². The van der Waals surface area contributed by atoms with Crippen LogP contribution in [-0.4, -0.2) is 41.1 Å². The van der Waals surface area contributed by atoms with E-state index in [9.17, 15) is 13.2 Å². The number of halogens is 3. The first-order valence-electron chi connectivity index (χ1n) is 7.95. The fourth-order valence-corrected chi connectivity index (χ4v) is 2.89. The van der Waals surface area contributed by atoms with Crippen LogP contribution in [0.2, 0.25) is 0 Å².